The lowest BCUT2D eigenvalue weighted by Crippen LogP contribution is -2.42. The van der Waals surface area contributed by atoms with E-state index in [0.717, 1.165) is 17.5 Å². The number of benzene rings is 2. The van der Waals surface area contributed by atoms with E-state index in [4.69, 9.17) is 4.74 Å². The Labute approximate surface area is 142 Å². The van der Waals surface area contributed by atoms with Gasteiger partial charge in [-0.05, 0) is 43.5 Å². The molecule has 0 bridgehead atoms. The van der Waals surface area contributed by atoms with Crippen LogP contribution in [0.25, 0.3) is 0 Å². The third-order valence-corrected chi connectivity index (χ3v) is 4.33. The Morgan fingerprint density at radius 3 is 2.58 bits per heavy atom. The number of ether oxygens (including phenoxy) is 1. The number of fused-ring (bicyclic) bond motifs is 1. The number of carbonyl (C=O) groups excluding carboxylic acids is 2. The van der Waals surface area contributed by atoms with E-state index in [1.807, 2.05) is 31.2 Å². The van der Waals surface area contributed by atoms with E-state index >= 15 is 0 Å². The number of hydrogen-bond donors (Lipinski definition) is 0. The Morgan fingerprint density at radius 1 is 1.08 bits per heavy atom. The summed E-state index contributed by atoms with van der Waals surface area (Å²) in [7, 11) is 0. The molecular formula is C20H21NO3. The van der Waals surface area contributed by atoms with E-state index in [1.165, 1.54) is 5.56 Å². The smallest absolute Gasteiger partial charge is 0.338 e. The number of nitrogens with zero attached hydrogens (tertiary/aromatic N) is 1. The van der Waals surface area contributed by atoms with Crippen LogP contribution >= 0.6 is 0 Å². The fraction of sp³-hybridized carbons (Fsp3) is 0.300. The zero-order valence-electron chi connectivity index (χ0n) is 14.0. The molecule has 0 fully saturated rings. The zero-order chi connectivity index (χ0) is 17.1. The van der Waals surface area contributed by atoms with Crippen LogP contribution < -0.4 is 0 Å². The predicted octanol–water partition coefficient (Wildman–Crippen LogP) is 3.13. The summed E-state index contributed by atoms with van der Waals surface area (Å²) in [6.07, 6.45) is 0.0452. The van der Waals surface area contributed by atoms with Gasteiger partial charge in [-0.25, -0.2) is 4.79 Å². The Kier molecular flexibility index (Phi) is 4.65. The fourth-order valence-electron chi connectivity index (χ4n) is 2.99. The van der Waals surface area contributed by atoms with E-state index in [9.17, 15) is 9.59 Å². The minimum absolute atomic E-state index is 0.148. The predicted molar refractivity (Wildman–Crippen MR) is 91.6 cm³/mol. The van der Waals surface area contributed by atoms with Gasteiger partial charge in [0.25, 0.3) is 5.91 Å². The fourth-order valence-corrected chi connectivity index (χ4v) is 2.99. The maximum atomic E-state index is 12.6. The van der Waals surface area contributed by atoms with Crippen LogP contribution in [0.3, 0.4) is 0 Å². The van der Waals surface area contributed by atoms with Crippen molar-refractivity contribution in [2.24, 2.45) is 0 Å². The highest BCUT2D eigenvalue weighted by Gasteiger charge is 2.27. The Morgan fingerprint density at radius 2 is 1.83 bits per heavy atom. The van der Waals surface area contributed by atoms with E-state index in [2.05, 4.69) is 6.07 Å². The first-order valence-corrected chi connectivity index (χ1v) is 8.18. The summed E-state index contributed by atoms with van der Waals surface area (Å²) in [5, 5.41) is 0. The van der Waals surface area contributed by atoms with Gasteiger partial charge in [-0.1, -0.05) is 42.0 Å². The molecule has 1 atom stereocenters. The lowest BCUT2D eigenvalue weighted by atomic mass is 9.99. The van der Waals surface area contributed by atoms with Crippen molar-refractivity contribution in [2.45, 2.75) is 32.9 Å². The molecule has 0 aromatic heterocycles. The highest BCUT2D eigenvalue weighted by Crippen LogP contribution is 2.19. The van der Waals surface area contributed by atoms with Gasteiger partial charge in [-0.15, -0.1) is 0 Å². The molecule has 1 unspecified atom stereocenters. The molecule has 124 valence electrons. The van der Waals surface area contributed by atoms with Gasteiger partial charge >= 0.3 is 5.97 Å². The van der Waals surface area contributed by atoms with Crippen LogP contribution in [0.4, 0.5) is 0 Å². The molecule has 0 spiro atoms. The van der Waals surface area contributed by atoms with E-state index in [-0.39, 0.29) is 5.91 Å². The largest absolute Gasteiger partial charge is 0.449 e. The molecule has 24 heavy (non-hydrogen) atoms. The molecule has 2 aromatic carbocycles. The lowest BCUT2D eigenvalue weighted by molar-refractivity contribution is -0.140. The van der Waals surface area contributed by atoms with Crippen LogP contribution in [0, 0.1) is 6.92 Å². The second-order valence-electron chi connectivity index (χ2n) is 6.20. The summed E-state index contributed by atoms with van der Waals surface area (Å²) in [4.78, 5) is 26.6. The number of amides is 1. The molecule has 4 nitrogen and oxygen atoms in total. The van der Waals surface area contributed by atoms with Crippen LogP contribution in [0.2, 0.25) is 0 Å². The lowest BCUT2D eigenvalue weighted by Gasteiger charge is -2.30. The molecule has 0 aliphatic carbocycles. The number of carbonyl (C=O) groups is 2. The summed E-state index contributed by atoms with van der Waals surface area (Å²) in [6, 6.07) is 15.3. The standard InChI is InChI=1S/C20H21NO3/c1-14-6-5-9-17(12-14)20(23)24-15(2)19(22)21-11-10-16-7-3-4-8-18(16)13-21/h3-9,12,15H,10-11,13H2,1-2H3. The number of aryl methyl sites for hydroxylation is 1. The average Bonchev–Trinajstić information content (AvgIpc) is 2.60. The summed E-state index contributed by atoms with van der Waals surface area (Å²) in [5.74, 6) is -0.609. The Balaban J connectivity index is 1.64. The van der Waals surface area contributed by atoms with E-state index < -0.39 is 12.1 Å². The third-order valence-electron chi connectivity index (χ3n) is 4.33. The molecule has 1 aliphatic rings. The minimum Gasteiger partial charge on any atom is -0.449 e. The quantitative estimate of drug-likeness (QED) is 0.815. The Hall–Kier alpha value is -2.62. The van der Waals surface area contributed by atoms with Crippen LogP contribution in [0.1, 0.15) is 34.0 Å². The maximum Gasteiger partial charge on any atom is 0.338 e. The first kappa shape index (κ1) is 16.2. The molecule has 2 aromatic rings. The van der Waals surface area contributed by atoms with Crippen molar-refractivity contribution in [1.29, 1.82) is 0 Å². The van der Waals surface area contributed by atoms with Crippen LogP contribution in [-0.2, 0) is 22.5 Å². The van der Waals surface area contributed by atoms with E-state index in [1.54, 1.807) is 30.0 Å². The van der Waals surface area contributed by atoms with Crippen molar-refractivity contribution in [3.8, 4) is 0 Å². The van der Waals surface area contributed by atoms with E-state index in [0.29, 0.717) is 18.7 Å². The molecule has 4 heteroatoms. The molecule has 0 saturated carbocycles. The second kappa shape index (κ2) is 6.87. The molecule has 1 heterocycles. The van der Waals surface area contributed by atoms with Gasteiger partial charge < -0.3 is 9.64 Å². The summed E-state index contributed by atoms with van der Waals surface area (Å²) < 4.78 is 5.36. The Bertz CT molecular complexity index is 769. The van der Waals surface area contributed by atoms with Crippen LogP contribution in [-0.4, -0.2) is 29.4 Å². The molecule has 0 N–H and O–H groups in total. The van der Waals surface area contributed by atoms with Gasteiger partial charge in [0.1, 0.15) is 0 Å². The topological polar surface area (TPSA) is 46.6 Å². The van der Waals surface area contributed by atoms with Crippen molar-refractivity contribution < 1.29 is 14.3 Å². The van der Waals surface area contributed by atoms with Crippen LogP contribution in [0.5, 0.6) is 0 Å². The zero-order valence-corrected chi connectivity index (χ0v) is 14.0. The van der Waals surface area contributed by atoms with Crippen LogP contribution in [0.15, 0.2) is 48.5 Å². The molecule has 1 aliphatic heterocycles. The van der Waals surface area contributed by atoms with Gasteiger partial charge in [0, 0.05) is 13.1 Å². The van der Waals surface area contributed by atoms with Gasteiger partial charge in [-0.2, -0.15) is 0 Å². The average molecular weight is 323 g/mol. The first-order valence-electron chi connectivity index (χ1n) is 8.18. The molecule has 0 radical (unpaired) electrons. The molecular weight excluding hydrogens is 302 g/mol. The first-order chi connectivity index (χ1) is 11.5. The summed E-state index contributed by atoms with van der Waals surface area (Å²) in [5.41, 5.74) is 3.90. The maximum absolute atomic E-state index is 12.6. The normalized spacial score (nSPS) is 14.7. The minimum atomic E-state index is -0.789. The number of rotatable bonds is 3. The van der Waals surface area contributed by atoms with Crippen molar-refractivity contribution in [1.82, 2.24) is 4.90 Å². The van der Waals surface area contributed by atoms with Gasteiger partial charge in [0.2, 0.25) is 0 Å². The van der Waals surface area contributed by atoms with Gasteiger partial charge in [0.15, 0.2) is 6.10 Å². The highest BCUT2D eigenvalue weighted by atomic mass is 16.5. The molecule has 3 rings (SSSR count). The third kappa shape index (κ3) is 3.48. The monoisotopic (exact) mass is 323 g/mol. The summed E-state index contributed by atoms with van der Waals surface area (Å²) >= 11 is 0. The number of esters is 1. The van der Waals surface area contributed by atoms with Gasteiger partial charge in [-0.3, -0.25) is 4.79 Å². The SMILES string of the molecule is Cc1cccc(C(=O)OC(C)C(=O)N2CCc3ccccc3C2)c1. The number of hydrogen-bond acceptors (Lipinski definition) is 3. The van der Waals surface area contributed by atoms with Gasteiger partial charge in [0.05, 0.1) is 5.56 Å². The van der Waals surface area contributed by atoms with Crippen molar-refractivity contribution in [2.75, 3.05) is 6.54 Å². The summed E-state index contributed by atoms with van der Waals surface area (Å²) in [6.45, 7) is 4.77. The highest BCUT2D eigenvalue weighted by molar-refractivity contribution is 5.92. The molecule has 0 saturated heterocycles. The van der Waals surface area contributed by atoms with Crippen molar-refractivity contribution in [3.05, 3.63) is 70.8 Å². The second-order valence-corrected chi connectivity index (χ2v) is 6.20. The van der Waals surface area contributed by atoms with Crippen molar-refractivity contribution in [3.63, 3.8) is 0 Å². The van der Waals surface area contributed by atoms with Crippen molar-refractivity contribution >= 4 is 11.9 Å². The molecule has 1 amide bonds.